The van der Waals surface area contributed by atoms with Gasteiger partial charge in [-0.25, -0.2) is 8.78 Å². The third-order valence-electron chi connectivity index (χ3n) is 1.24. The number of alkyl halides is 2. The molecule has 0 spiro atoms. The van der Waals surface area contributed by atoms with Crippen LogP contribution >= 0.6 is 0 Å². The molecule has 0 unspecified atom stereocenters. The summed E-state index contributed by atoms with van der Waals surface area (Å²) in [4.78, 5) is 0. The van der Waals surface area contributed by atoms with Crippen molar-refractivity contribution in [3.63, 3.8) is 0 Å². The summed E-state index contributed by atoms with van der Waals surface area (Å²) < 4.78 is 23.0. The monoisotopic (exact) mass is 152 g/mol. The molecule has 0 heterocycles. The molecule has 0 aliphatic rings. The summed E-state index contributed by atoms with van der Waals surface area (Å²) in [5.74, 6) is 0. The van der Waals surface area contributed by atoms with E-state index in [0.29, 0.717) is 6.54 Å². The Balaban J connectivity index is 3.03. The van der Waals surface area contributed by atoms with Crippen LogP contribution < -0.4 is 10.6 Å². The van der Waals surface area contributed by atoms with Gasteiger partial charge in [-0.1, -0.05) is 0 Å². The highest BCUT2D eigenvalue weighted by Gasteiger charge is 2.01. The number of halogens is 2. The van der Waals surface area contributed by atoms with Gasteiger partial charge in [-0.15, -0.1) is 0 Å². The molecule has 1 atom stereocenters. The lowest BCUT2D eigenvalue weighted by Crippen LogP contribution is -2.35. The molecule has 0 rings (SSSR count). The van der Waals surface area contributed by atoms with E-state index in [1.807, 2.05) is 6.92 Å². The Hall–Kier alpha value is -0.220. The maximum Gasteiger partial charge on any atom is 0.250 e. The van der Waals surface area contributed by atoms with E-state index in [1.165, 1.54) is 0 Å². The van der Waals surface area contributed by atoms with Crippen molar-refractivity contribution in [2.45, 2.75) is 19.4 Å². The molecule has 0 aromatic carbocycles. The van der Waals surface area contributed by atoms with Crippen molar-refractivity contribution < 1.29 is 8.78 Å². The average Bonchev–Trinajstić information content (AvgIpc) is 1.87. The summed E-state index contributed by atoms with van der Waals surface area (Å²) in [7, 11) is 1.80. The zero-order valence-electron chi connectivity index (χ0n) is 6.32. The van der Waals surface area contributed by atoms with E-state index in [9.17, 15) is 8.78 Å². The van der Waals surface area contributed by atoms with Gasteiger partial charge in [0.1, 0.15) is 0 Å². The Bertz CT molecular complexity index is 78.1. The lowest BCUT2D eigenvalue weighted by molar-refractivity contribution is 0.145. The van der Waals surface area contributed by atoms with Crippen molar-refractivity contribution >= 4 is 0 Å². The number of rotatable bonds is 5. The molecule has 0 saturated carbocycles. The van der Waals surface area contributed by atoms with Crippen molar-refractivity contribution in [1.82, 2.24) is 10.6 Å². The number of hydrogen-bond donors (Lipinski definition) is 2. The second kappa shape index (κ2) is 5.56. The highest BCUT2D eigenvalue weighted by atomic mass is 19.3. The van der Waals surface area contributed by atoms with Gasteiger partial charge in [0.05, 0.1) is 6.54 Å². The van der Waals surface area contributed by atoms with Crippen molar-refractivity contribution in [2.24, 2.45) is 0 Å². The second-order valence-corrected chi connectivity index (χ2v) is 2.24. The fraction of sp³-hybridized carbons (Fsp3) is 1.00. The fourth-order valence-electron chi connectivity index (χ4n) is 0.511. The van der Waals surface area contributed by atoms with Gasteiger partial charge in [0, 0.05) is 12.6 Å². The molecule has 0 bridgehead atoms. The van der Waals surface area contributed by atoms with Crippen LogP contribution in [0.15, 0.2) is 0 Å². The molecule has 2 nitrogen and oxygen atoms in total. The lowest BCUT2D eigenvalue weighted by atomic mass is 10.3. The Labute approximate surface area is 60.0 Å². The smallest absolute Gasteiger partial charge is 0.250 e. The van der Waals surface area contributed by atoms with Crippen LogP contribution in [0.5, 0.6) is 0 Å². The van der Waals surface area contributed by atoms with Crippen molar-refractivity contribution in [1.29, 1.82) is 0 Å². The van der Waals surface area contributed by atoms with Crippen molar-refractivity contribution in [3.05, 3.63) is 0 Å². The molecule has 10 heavy (non-hydrogen) atoms. The third-order valence-corrected chi connectivity index (χ3v) is 1.24. The van der Waals surface area contributed by atoms with E-state index in [0.717, 1.165) is 0 Å². The maximum absolute atomic E-state index is 11.5. The van der Waals surface area contributed by atoms with Crippen LogP contribution in [0.25, 0.3) is 0 Å². The summed E-state index contributed by atoms with van der Waals surface area (Å²) in [5.41, 5.74) is 0. The van der Waals surface area contributed by atoms with Crippen molar-refractivity contribution in [2.75, 3.05) is 20.1 Å². The SMILES string of the molecule is CN[C@@H](C)CNCC(F)F. The molecule has 0 aromatic rings. The normalized spacial score (nSPS) is 14.1. The number of nitrogens with one attached hydrogen (secondary N) is 2. The van der Waals surface area contributed by atoms with Crippen LogP contribution in [-0.2, 0) is 0 Å². The van der Waals surface area contributed by atoms with Gasteiger partial charge in [-0.05, 0) is 14.0 Å². The Kier molecular flexibility index (Phi) is 5.43. The predicted octanol–water partition coefficient (Wildman–Crippen LogP) is 0.449. The number of likely N-dealkylation sites (N-methyl/N-ethyl adjacent to an activating group) is 1. The van der Waals surface area contributed by atoms with Crippen LogP contribution in [-0.4, -0.2) is 32.6 Å². The molecule has 0 amide bonds. The summed E-state index contributed by atoms with van der Waals surface area (Å²) >= 11 is 0. The lowest BCUT2D eigenvalue weighted by Gasteiger charge is -2.10. The molecule has 4 heteroatoms. The molecule has 0 aliphatic carbocycles. The first-order valence-electron chi connectivity index (χ1n) is 3.33. The van der Waals surface area contributed by atoms with Crippen LogP contribution in [0.1, 0.15) is 6.92 Å². The molecule has 0 saturated heterocycles. The van der Waals surface area contributed by atoms with Crippen LogP contribution in [0.4, 0.5) is 8.78 Å². The quantitative estimate of drug-likeness (QED) is 0.597. The molecular formula is C6H14F2N2. The third kappa shape index (κ3) is 5.91. The van der Waals surface area contributed by atoms with E-state index < -0.39 is 6.43 Å². The molecule has 0 radical (unpaired) electrons. The van der Waals surface area contributed by atoms with E-state index in [2.05, 4.69) is 10.6 Å². The fourth-order valence-corrected chi connectivity index (χ4v) is 0.511. The van der Waals surface area contributed by atoms with Gasteiger partial charge in [0.15, 0.2) is 0 Å². The van der Waals surface area contributed by atoms with Gasteiger partial charge in [0.25, 0.3) is 6.43 Å². The summed E-state index contributed by atoms with van der Waals surface area (Å²) in [6.45, 7) is 2.30. The van der Waals surface area contributed by atoms with Gasteiger partial charge in [-0.3, -0.25) is 0 Å². The standard InChI is InChI=1S/C6H14F2N2/c1-5(9-2)3-10-4-6(7)8/h5-6,9-10H,3-4H2,1-2H3/t5-/m0/s1. The predicted molar refractivity (Wildman–Crippen MR) is 37.4 cm³/mol. The molecule has 0 fully saturated rings. The van der Waals surface area contributed by atoms with E-state index >= 15 is 0 Å². The van der Waals surface area contributed by atoms with Gasteiger partial charge < -0.3 is 10.6 Å². The van der Waals surface area contributed by atoms with Gasteiger partial charge in [-0.2, -0.15) is 0 Å². The Morgan fingerprint density at radius 2 is 1.90 bits per heavy atom. The Morgan fingerprint density at radius 3 is 2.30 bits per heavy atom. The molecular weight excluding hydrogens is 138 g/mol. The van der Waals surface area contributed by atoms with Gasteiger partial charge >= 0.3 is 0 Å². The van der Waals surface area contributed by atoms with E-state index in [1.54, 1.807) is 7.05 Å². The van der Waals surface area contributed by atoms with Crippen LogP contribution in [0.2, 0.25) is 0 Å². The molecule has 0 aliphatic heterocycles. The van der Waals surface area contributed by atoms with Crippen LogP contribution in [0.3, 0.4) is 0 Å². The van der Waals surface area contributed by atoms with Crippen molar-refractivity contribution in [3.8, 4) is 0 Å². The van der Waals surface area contributed by atoms with Gasteiger partial charge in [0.2, 0.25) is 0 Å². The van der Waals surface area contributed by atoms with E-state index in [4.69, 9.17) is 0 Å². The maximum atomic E-state index is 11.5. The summed E-state index contributed by atoms with van der Waals surface area (Å²) in [6, 6.07) is 0.249. The van der Waals surface area contributed by atoms with Crippen LogP contribution in [0, 0.1) is 0 Å². The first-order valence-corrected chi connectivity index (χ1v) is 3.33. The highest BCUT2D eigenvalue weighted by molar-refractivity contribution is 4.60. The summed E-state index contributed by atoms with van der Waals surface area (Å²) in [5, 5.41) is 5.55. The first-order chi connectivity index (χ1) is 4.66. The Morgan fingerprint density at radius 1 is 1.30 bits per heavy atom. The second-order valence-electron chi connectivity index (χ2n) is 2.24. The minimum Gasteiger partial charge on any atom is -0.316 e. The highest BCUT2D eigenvalue weighted by Crippen LogP contribution is 1.87. The zero-order valence-corrected chi connectivity index (χ0v) is 6.32. The average molecular weight is 152 g/mol. The zero-order chi connectivity index (χ0) is 7.98. The van der Waals surface area contributed by atoms with E-state index in [-0.39, 0.29) is 12.6 Å². The summed E-state index contributed by atoms with van der Waals surface area (Å²) in [6.07, 6.45) is -2.25. The largest absolute Gasteiger partial charge is 0.316 e. The molecule has 0 aromatic heterocycles. The molecule has 2 N–H and O–H groups in total. The topological polar surface area (TPSA) is 24.1 Å². The minimum atomic E-state index is -2.25. The first kappa shape index (κ1) is 9.78. The molecule has 62 valence electrons. The number of hydrogen-bond acceptors (Lipinski definition) is 2. The minimum absolute atomic E-state index is 0.216.